The van der Waals surface area contributed by atoms with Crippen molar-refractivity contribution in [3.63, 3.8) is 0 Å². The summed E-state index contributed by atoms with van der Waals surface area (Å²) in [6, 6.07) is 79.8. The first kappa shape index (κ1) is 34.4. The van der Waals surface area contributed by atoms with E-state index in [0.717, 1.165) is 44.7 Å². The van der Waals surface area contributed by atoms with Crippen LogP contribution in [-0.4, -0.2) is 14.5 Å². The molecule has 0 N–H and O–H groups in total. The average Bonchev–Trinajstić information content (AvgIpc) is 3.66. The van der Waals surface area contributed by atoms with Crippen molar-refractivity contribution >= 4 is 32.6 Å². The fraction of sp³-hybridized carbons (Fsp3) is 0. The molecule has 0 fully saturated rings. The van der Waals surface area contributed by atoms with E-state index in [9.17, 15) is 0 Å². The van der Waals surface area contributed by atoms with Crippen molar-refractivity contribution in [2.45, 2.75) is 0 Å². The second kappa shape index (κ2) is 14.6. The van der Waals surface area contributed by atoms with Crippen LogP contribution in [0.1, 0.15) is 0 Å². The molecule has 0 aliphatic carbocycles. The van der Waals surface area contributed by atoms with E-state index >= 15 is 0 Å². The molecular formula is C56H37N3. The maximum absolute atomic E-state index is 5.23. The molecule has 0 spiro atoms. The Morgan fingerprint density at radius 3 is 1.25 bits per heavy atom. The summed E-state index contributed by atoms with van der Waals surface area (Å²) in [5.41, 5.74) is 15.5. The number of fused-ring (bicyclic) bond motifs is 4. The van der Waals surface area contributed by atoms with E-state index in [0.29, 0.717) is 5.82 Å². The standard InChI is InChI=1S/C56H37N3/c1-3-13-38(14-4-1)39-23-25-40(26-24-39)41-27-29-43(30-28-41)52-37-53(58-56(57-52)44-15-5-2-6-16-44)49-36-35-46(47-17-7-8-18-48(47)49)42-31-33-45(34-32-42)59-54-21-11-9-19-50(54)51-20-10-12-22-55(51)59/h1-37H. The van der Waals surface area contributed by atoms with Crippen LogP contribution in [0, 0.1) is 0 Å². The van der Waals surface area contributed by atoms with Crippen LogP contribution in [-0.2, 0) is 0 Å². The van der Waals surface area contributed by atoms with E-state index < -0.39 is 0 Å². The van der Waals surface area contributed by atoms with Gasteiger partial charge in [-0.25, -0.2) is 9.97 Å². The molecule has 276 valence electrons. The van der Waals surface area contributed by atoms with Gasteiger partial charge in [-0.15, -0.1) is 0 Å². The average molecular weight is 752 g/mol. The number of benzene rings is 9. The largest absolute Gasteiger partial charge is 0.309 e. The molecule has 0 atom stereocenters. The Balaban J connectivity index is 0.968. The number of para-hydroxylation sites is 2. The molecule has 11 aromatic rings. The molecule has 11 rings (SSSR count). The first-order valence-corrected chi connectivity index (χ1v) is 20.1. The quantitative estimate of drug-likeness (QED) is 0.162. The third kappa shape index (κ3) is 6.26. The molecule has 9 aromatic carbocycles. The highest BCUT2D eigenvalue weighted by molar-refractivity contribution is 6.09. The maximum atomic E-state index is 5.23. The maximum Gasteiger partial charge on any atom is 0.160 e. The van der Waals surface area contributed by atoms with Crippen LogP contribution in [0.3, 0.4) is 0 Å². The topological polar surface area (TPSA) is 30.7 Å². The van der Waals surface area contributed by atoms with Gasteiger partial charge in [0.15, 0.2) is 5.82 Å². The van der Waals surface area contributed by atoms with Crippen LogP contribution in [0.4, 0.5) is 0 Å². The smallest absolute Gasteiger partial charge is 0.160 e. The molecule has 0 amide bonds. The predicted octanol–water partition coefficient (Wildman–Crippen LogP) is 14.7. The lowest BCUT2D eigenvalue weighted by Gasteiger charge is -2.15. The van der Waals surface area contributed by atoms with Crippen LogP contribution < -0.4 is 0 Å². The SMILES string of the molecule is c1ccc(-c2ccc(-c3ccc(-c4cc(-c5ccc(-c6ccc(-n7c8ccccc8c8ccccc87)cc6)c6ccccc56)nc(-c5ccccc5)n4)cc3)cc2)cc1. The predicted molar refractivity (Wildman–Crippen MR) is 246 cm³/mol. The zero-order valence-electron chi connectivity index (χ0n) is 32.2. The molecule has 3 heteroatoms. The summed E-state index contributed by atoms with van der Waals surface area (Å²) in [7, 11) is 0. The number of aromatic nitrogens is 3. The van der Waals surface area contributed by atoms with Crippen LogP contribution in [0.2, 0.25) is 0 Å². The molecule has 0 aliphatic heterocycles. The minimum atomic E-state index is 0.701. The Morgan fingerprint density at radius 2 is 0.678 bits per heavy atom. The first-order valence-electron chi connectivity index (χ1n) is 20.1. The summed E-state index contributed by atoms with van der Waals surface area (Å²) >= 11 is 0. The van der Waals surface area contributed by atoms with Gasteiger partial charge in [0, 0.05) is 33.2 Å². The number of nitrogens with zero attached hydrogens (tertiary/aromatic N) is 3. The highest BCUT2D eigenvalue weighted by Crippen LogP contribution is 2.38. The van der Waals surface area contributed by atoms with Crippen molar-refractivity contribution in [3.05, 3.63) is 224 Å². The van der Waals surface area contributed by atoms with E-state index in [4.69, 9.17) is 9.97 Å². The summed E-state index contributed by atoms with van der Waals surface area (Å²) in [6.07, 6.45) is 0. The monoisotopic (exact) mass is 751 g/mol. The van der Waals surface area contributed by atoms with Crippen molar-refractivity contribution in [2.75, 3.05) is 0 Å². The lowest BCUT2D eigenvalue weighted by atomic mass is 9.93. The van der Waals surface area contributed by atoms with Gasteiger partial charge in [-0.1, -0.05) is 194 Å². The Labute approximate surface area is 343 Å². The minimum absolute atomic E-state index is 0.701. The number of rotatable bonds is 7. The van der Waals surface area contributed by atoms with Crippen LogP contribution >= 0.6 is 0 Å². The molecule has 3 nitrogen and oxygen atoms in total. The fourth-order valence-corrected chi connectivity index (χ4v) is 8.53. The van der Waals surface area contributed by atoms with Crippen molar-refractivity contribution in [3.8, 4) is 73.0 Å². The van der Waals surface area contributed by atoms with E-state index in [1.165, 1.54) is 55.0 Å². The summed E-state index contributed by atoms with van der Waals surface area (Å²) in [6.45, 7) is 0. The van der Waals surface area contributed by atoms with Gasteiger partial charge in [-0.05, 0) is 74.5 Å². The number of hydrogen-bond donors (Lipinski definition) is 0. The molecular weight excluding hydrogens is 715 g/mol. The van der Waals surface area contributed by atoms with Gasteiger partial charge in [0.2, 0.25) is 0 Å². The van der Waals surface area contributed by atoms with Gasteiger partial charge in [-0.2, -0.15) is 0 Å². The molecule has 0 aliphatic rings. The first-order chi connectivity index (χ1) is 29.2. The second-order valence-corrected chi connectivity index (χ2v) is 15.0. The van der Waals surface area contributed by atoms with Gasteiger partial charge in [0.25, 0.3) is 0 Å². The molecule has 2 heterocycles. The lowest BCUT2D eigenvalue weighted by Crippen LogP contribution is -1.97. The van der Waals surface area contributed by atoms with Crippen LogP contribution in [0.25, 0.3) is 106 Å². The second-order valence-electron chi connectivity index (χ2n) is 15.0. The van der Waals surface area contributed by atoms with E-state index in [-0.39, 0.29) is 0 Å². The molecule has 0 radical (unpaired) electrons. The van der Waals surface area contributed by atoms with Crippen LogP contribution in [0.5, 0.6) is 0 Å². The van der Waals surface area contributed by atoms with Crippen molar-refractivity contribution < 1.29 is 0 Å². The minimum Gasteiger partial charge on any atom is -0.309 e. The molecule has 0 saturated heterocycles. The van der Waals surface area contributed by atoms with Gasteiger partial charge in [-0.3, -0.25) is 0 Å². The Morgan fingerprint density at radius 1 is 0.271 bits per heavy atom. The van der Waals surface area contributed by atoms with Gasteiger partial charge >= 0.3 is 0 Å². The third-order valence-corrected chi connectivity index (χ3v) is 11.5. The molecule has 59 heavy (non-hydrogen) atoms. The van der Waals surface area contributed by atoms with Crippen molar-refractivity contribution in [1.82, 2.24) is 14.5 Å². The summed E-state index contributed by atoms with van der Waals surface area (Å²) in [5, 5.41) is 4.85. The van der Waals surface area contributed by atoms with E-state index in [2.05, 4.69) is 211 Å². The van der Waals surface area contributed by atoms with Gasteiger partial charge < -0.3 is 4.57 Å². The molecule has 0 unspecified atom stereocenters. The highest BCUT2D eigenvalue weighted by Gasteiger charge is 2.16. The normalized spacial score (nSPS) is 11.4. The molecule has 0 saturated carbocycles. The van der Waals surface area contributed by atoms with Crippen LogP contribution in [0.15, 0.2) is 224 Å². The highest BCUT2D eigenvalue weighted by atomic mass is 15.0. The molecule has 0 bridgehead atoms. The Hall–Kier alpha value is -7.88. The summed E-state index contributed by atoms with van der Waals surface area (Å²) in [4.78, 5) is 10.4. The van der Waals surface area contributed by atoms with E-state index in [1.807, 2.05) is 18.2 Å². The molecule has 2 aromatic heterocycles. The fourth-order valence-electron chi connectivity index (χ4n) is 8.53. The Bertz CT molecular complexity index is 3220. The zero-order chi connectivity index (χ0) is 39.1. The summed E-state index contributed by atoms with van der Waals surface area (Å²) in [5.74, 6) is 0.701. The third-order valence-electron chi connectivity index (χ3n) is 11.5. The number of hydrogen-bond acceptors (Lipinski definition) is 2. The Kier molecular flexibility index (Phi) is 8.49. The van der Waals surface area contributed by atoms with E-state index in [1.54, 1.807) is 0 Å². The van der Waals surface area contributed by atoms with Gasteiger partial charge in [0.05, 0.1) is 22.4 Å². The van der Waals surface area contributed by atoms with Gasteiger partial charge in [0.1, 0.15) is 0 Å². The zero-order valence-corrected chi connectivity index (χ0v) is 32.2. The van der Waals surface area contributed by atoms with Crippen molar-refractivity contribution in [1.29, 1.82) is 0 Å². The summed E-state index contributed by atoms with van der Waals surface area (Å²) < 4.78 is 2.36. The van der Waals surface area contributed by atoms with Crippen molar-refractivity contribution in [2.24, 2.45) is 0 Å². The lowest BCUT2D eigenvalue weighted by molar-refractivity contribution is 1.18.